The maximum atomic E-state index is 13.4. The van der Waals surface area contributed by atoms with Crippen molar-refractivity contribution in [2.24, 2.45) is 5.92 Å². The van der Waals surface area contributed by atoms with E-state index in [1.54, 1.807) is 7.11 Å². The van der Waals surface area contributed by atoms with Gasteiger partial charge in [-0.1, -0.05) is 44.2 Å². The number of carboxylic acid groups (broad SMARTS) is 1. The van der Waals surface area contributed by atoms with Crippen molar-refractivity contribution in [3.05, 3.63) is 59.2 Å². The van der Waals surface area contributed by atoms with Crippen molar-refractivity contribution < 1.29 is 29.0 Å². The van der Waals surface area contributed by atoms with E-state index in [2.05, 4.69) is 11.0 Å². The molecular weight excluding hydrogens is 496 g/mol. The Kier molecular flexibility index (Phi) is 10.2. The number of hydrogen-bond donors (Lipinski definition) is 1. The Balaban J connectivity index is 1.57. The maximum Gasteiger partial charge on any atom is 0.308 e. The molecule has 2 aromatic carbocycles. The number of aliphatic carboxylic acids is 1. The maximum absolute atomic E-state index is 13.4. The molecule has 1 amide bonds. The van der Waals surface area contributed by atoms with Crippen molar-refractivity contribution in [1.29, 1.82) is 0 Å². The molecule has 39 heavy (non-hydrogen) atoms. The number of carbonyl (C=O) groups excluding carboxylic acids is 1. The number of aryl methyl sites for hydroxylation is 1. The highest BCUT2D eigenvalue weighted by Crippen LogP contribution is 2.41. The second kappa shape index (κ2) is 13.8. The minimum absolute atomic E-state index is 0.118. The fourth-order valence-electron chi connectivity index (χ4n) is 5.96. The molecular formula is C31H42N2O6. The molecule has 2 aromatic rings. The van der Waals surface area contributed by atoms with Crippen molar-refractivity contribution in [2.45, 2.75) is 64.3 Å². The monoisotopic (exact) mass is 538 g/mol. The van der Waals surface area contributed by atoms with Crippen molar-refractivity contribution in [3.8, 4) is 11.5 Å². The van der Waals surface area contributed by atoms with E-state index in [0.717, 1.165) is 60.3 Å². The predicted octanol–water partition coefficient (Wildman–Crippen LogP) is 4.70. The van der Waals surface area contributed by atoms with Crippen LogP contribution in [-0.4, -0.2) is 72.9 Å². The second-order valence-corrected chi connectivity index (χ2v) is 10.5. The standard InChI is InChI=1S/C31H42N2O6/c1-4-16-33(39-17-5-2)29(34)21-32-20-25(23-13-14-28-24(19-23)15-18-38-28)30(31(35)36)26(32)11-8-10-22-9-6-7-12-27(22)37-3/h6-7,9,12-14,19,25-26,30H,4-5,8,10-11,15-18,20-21H2,1-3H3,(H,35,36)/t25-,26+,30-/m1/s1. The Hall–Kier alpha value is -3.10. The summed E-state index contributed by atoms with van der Waals surface area (Å²) in [6.45, 7) is 6.32. The molecule has 2 aliphatic rings. The normalized spacial score (nSPS) is 20.4. The number of methoxy groups -OCH3 is 1. The van der Waals surface area contributed by atoms with Crippen molar-refractivity contribution >= 4 is 11.9 Å². The van der Waals surface area contributed by atoms with Crippen molar-refractivity contribution in [2.75, 3.05) is 40.0 Å². The third kappa shape index (κ3) is 6.92. The molecule has 212 valence electrons. The van der Waals surface area contributed by atoms with Gasteiger partial charge in [0, 0.05) is 31.5 Å². The number of para-hydroxylation sites is 1. The Labute approximate surface area is 231 Å². The van der Waals surface area contributed by atoms with Crippen LogP contribution in [0, 0.1) is 5.92 Å². The zero-order valence-corrected chi connectivity index (χ0v) is 23.4. The molecule has 0 bridgehead atoms. The Bertz CT molecular complexity index is 1120. The lowest BCUT2D eigenvalue weighted by molar-refractivity contribution is -0.188. The van der Waals surface area contributed by atoms with Crippen LogP contribution in [0.2, 0.25) is 0 Å². The number of carbonyl (C=O) groups is 2. The van der Waals surface area contributed by atoms with Crippen molar-refractivity contribution in [3.63, 3.8) is 0 Å². The van der Waals surface area contributed by atoms with E-state index in [-0.39, 0.29) is 24.4 Å². The number of ether oxygens (including phenoxy) is 2. The fraction of sp³-hybridized carbons (Fsp3) is 0.548. The van der Waals surface area contributed by atoms with Gasteiger partial charge >= 0.3 is 5.97 Å². The number of amides is 1. The van der Waals surface area contributed by atoms with Gasteiger partial charge in [0.1, 0.15) is 11.5 Å². The SMILES string of the molecule is CCCON(CCC)C(=O)CN1C[C@H](c2ccc3c(c2)CCO3)[C@@H](C(=O)O)[C@@H]1CCCc1ccccc1OC. The largest absolute Gasteiger partial charge is 0.496 e. The molecule has 0 aromatic heterocycles. The van der Waals surface area contributed by atoms with Crippen LogP contribution >= 0.6 is 0 Å². The van der Waals surface area contributed by atoms with Crippen LogP contribution in [0.15, 0.2) is 42.5 Å². The minimum Gasteiger partial charge on any atom is -0.496 e. The van der Waals surface area contributed by atoms with Crippen LogP contribution in [0.25, 0.3) is 0 Å². The highest BCUT2D eigenvalue weighted by atomic mass is 16.7. The Morgan fingerprint density at radius 3 is 2.72 bits per heavy atom. The van der Waals surface area contributed by atoms with Gasteiger partial charge in [-0.05, 0) is 60.9 Å². The molecule has 2 heterocycles. The summed E-state index contributed by atoms with van der Waals surface area (Å²) in [6.07, 6.45) is 4.66. The lowest BCUT2D eigenvalue weighted by Gasteiger charge is -2.29. The van der Waals surface area contributed by atoms with Crippen LogP contribution in [-0.2, 0) is 27.3 Å². The summed E-state index contributed by atoms with van der Waals surface area (Å²) >= 11 is 0. The number of hydroxylamine groups is 2. The van der Waals surface area contributed by atoms with Gasteiger partial charge in [0.15, 0.2) is 0 Å². The van der Waals surface area contributed by atoms with Gasteiger partial charge in [-0.15, -0.1) is 0 Å². The third-order valence-corrected chi connectivity index (χ3v) is 7.81. The van der Waals surface area contributed by atoms with Gasteiger partial charge in [-0.2, -0.15) is 0 Å². The molecule has 4 rings (SSSR count). The highest BCUT2D eigenvalue weighted by molar-refractivity contribution is 5.78. The fourth-order valence-corrected chi connectivity index (χ4v) is 5.96. The predicted molar refractivity (Wildman–Crippen MR) is 149 cm³/mol. The molecule has 0 spiro atoms. The number of hydrogen-bond acceptors (Lipinski definition) is 6. The summed E-state index contributed by atoms with van der Waals surface area (Å²) in [4.78, 5) is 34.0. The summed E-state index contributed by atoms with van der Waals surface area (Å²) < 4.78 is 11.2. The number of carboxylic acids is 1. The minimum atomic E-state index is -0.818. The van der Waals surface area contributed by atoms with E-state index in [0.29, 0.717) is 32.7 Å². The number of nitrogens with zero attached hydrogens (tertiary/aromatic N) is 2. The number of fused-ring (bicyclic) bond motifs is 1. The smallest absolute Gasteiger partial charge is 0.308 e. The molecule has 0 saturated carbocycles. The van der Waals surface area contributed by atoms with Gasteiger partial charge < -0.3 is 14.6 Å². The van der Waals surface area contributed by atoms with Crippen LogP contribution in [0.4, 0.5) is 0 Å². The first-order valence-electron chi connectivity index (χ1n) is 14.2. The molecule has 0 aliphatic carbocycles. The number of benzene rings is 2. The van der Waals surface area contributed by atoms with Gasteiger partial charge in [-0.3, -0.25) is 19.3 Å². The van der Waals surface area contributed by atoms with Gasteiger partial charge in [0.2, 0.25) is 0 Å². The van der Waals surface area contributed by atoms with Crippen LogP contribution in [0.1, 0.15) is 62.1 Å². The molecule has 1 fully saturated rings. The number of rotatable bonds is 14. The van der Waals surface area contributed by atoms with E-state index >= 15 is 0 Å². The Morgan fingerprint density at radius 1 is 1.15 bits per heavy atom. The molecule has 2 aliphatic heterocycles. The first-order valence-corrected chi connectivity index (χ1v) is 14.2. The summed E-state index contributed by atoms with van der Waals surface area (Å²) in [5.41, 5.74) is 3.23. The molecule has 1 N–H and O–H groups in total. The summed E-state index contributed by atoms with van der Waals surface area (Å²) in [7, 11) is 1.67. The number of likely N-dealkylation sites (tertiary alicyclic amines) is 1. The highest BCUT2D eigenvalue weighted by Gasteiger charge is 2.47. The van der Waals surface area contributed by atoms with E-state index in [1.807, 2.05) is 50.2 Å². The zero-order valence-electron chi connectivity index (χ0n) is 23.4. The molecule has 8 heteroatoms. The summed E-state index contributed by atoms with van der Waals surface area (Å²) in [5, 5.41) is 11.9. The molecule has 8 nitrogen and oxygen atoms in total. The topological polar surface area (TPSA) is 88.5 Å². The summed E-state index contributed by atoms with van der Waals surface area (Å²) in [6, 6.07) is 13.7. The third-order valence-electron chi connectivity index (χ3n) is 7.81. The molecule has 0 unspecified atom stereocenters. The lowest BCUT2D eigenvalue weighted by atomic mass is 9.83. The average molecular weight is 539 g/mol. The zero-order chi connectivity index (χ0) is 27.8. The van der Waals surface area contributed by atoms with Crippen LogP contribution < -0.4 is 9.47 Å². The quantitative estimate of drug-likeness (QED) is 0.349. The second-order valence-electron chi connectivity index (χ2n) is 10.5. The van der Waals surface area contributed by atoms with Gasteiger partial charge in [0.05, 0.1) is 32.8 Å². The van der Waals surface area contributed by atoms with E-state index < -0.39 is 11.9 Å². The first-order chi connectivity index (χ1) is 19.0. The van der Waals surface area contributed by atoms with Crippen LogP contribution in [0.5, 0.6) is 11.5 Å². The van der Waals surface area contributed by atoms with Gasteiger partial charge in [-0.25, -0.2) is 5.06 Å². The van der Waals surface area contributed by atoms with E-state index in [1.165, 1.54) is 5.06 Å². The lowest BCUT2D eigenvalue weighted by Crippen LogP contribution is -2.44. The van der Waals surface area contributed by atoms with Gasteiger partial charge in [0.25, 0.3) is 5.91 Å². The Morgan fingerprint density at radius 2 is 1.97 bits per heavy atom. The van der Waals surface area contributed by atoms with Crippen LogP contribution in [0.3, 0.4) is 0 Å². The average Bonchev–Trinajstić information content (AvgIpc) is 3.55. The first kappa shape index (κ1) is 28.9. The summed E-state index contributed by atoms with van der Waals surface area (Å²) in [5.74, 6) is -0.0472. The molecule has 1 saturated heterocycles. The molecule has 0 radical (unpaired) electrons. The van der Waals surface area contributed by atoms with E-state index in [4.69, 9.17) is 14.3 Å². The molecule has 3 atom stereocenters. The van der Waals surface area contributed by atoms with Crippen molar-refractivity contribution in [1.82, 2.24) is 9.96 Å². The van der Waals surface area contributed by atoms with E-state index in [9.17, 15) is 14.7 Å².